The lowest BCUT2D eigenvalue weighted by Gasteiger charge is -2.07. The van der Waals surface area contributed by atoms with Gasteiger partial charge < -0.3 is 14.9 Å². The van der Waals surface area contributed by atoms with Crippen LogP contribution in [-0.2, 0) is 5.54 Å². The molecule has 1 aliphatic carbocycles. The first-order chi connectivity index (χ1) is 7.23. The van der Waals surface area contributed by atoms with Crippen LogP contribution in [0, 0.1) is 0 Å². The smallest absolute Gasteiger partial charge is 0.394 e. The zero-order valence-electron chi connectivity index (χ0n) is 8.49. The second-order valence-corrected chi connectivity index (χ2v) is 3.99. The molecule has 0 atom stereocenters. The average molecular weight is 204 g/mol. The Bertz CT molecular complexity index is 514. The van der Waals surface area contributed by atoms with Gasteiger partial charge in [-0.3, -0.25) is 0 Å². The van der Waals surface area contributed by atoms with Gasteiger partial charge in [0.25, 0.3) is 0 Å². The Morgan fingerprint density at radius 3 is 2.93 bits per heavy atom. The van der Waals surface area contributed by atoms with Gasteiger partial charge in [0.15, 0.2) is 5.58 Å². The van der Waals surface area contributed by atoms with Gasteiger partial charge in [0.1, 0.15) is 5.52 Å². The van der Waals surface area contributed by atoms with E-state index in [2.05, 4.69) is 4.98 Å². The van der Waals surface area contributed by atoms with Gasteiger partial charge in [-0.15, -0.1) is 0 Å². The number of methoxy groups -OCH3 is 1. The number of fused-ring (bicyclic) bond motifs is 1. The zero-order valence-corrected chi connectivity index (χ0v) is 8.49. The highest BCUT2D eigenvalue weighted by molar-refractivity contribution is 5.78. The molecule has 78 valence electrons. The first-order valence-electron chi connectivity index (χ1n) is 4.96. The molecule has 0 aliphatic heterocycles. The molecule has 0 bridgehead atoms. The SMILES string of the molecule is COc1nc2c(C3(N)CC3)cccc2o1. The molecule has 4 nitrogen and oxygen atoms in total. The third-order valence-electron chi connectivity index (χ3n) is 2.90. The predicted octanol–water partition coefficient (Wildman–Crippen LogP) is 1.78. The molecule has 1 aromatic carbocycles. The molecule has 1 heterocycles. The number of oxazole rings is 1. The maximum Gasteiger partial charge on any atom is 0.394 e. The van der Waals surface area contributed by atoms with Gasteiger partial charge in [0.05, 0.1) is 7.11 Å². The number of hydrogen-bond donors (Lipinski definition) is 1. The first-order valence-corrected chi connectivity index (χ1v) is 4.96. The van der Waals surface area contributed by atoms with Crippen molar-refractivity contribution in [3.05, 3.63) is 23.8 Å². The van der Waals surface area contributed by atoms with Gasteiger partial charge >= 0.3 is 6.08 Å². The van der Waals surface area contributed by atoms with Crippen LogP contribution in [-0.4, -0.2) is 12.1 Å². The molecule has 0 saturated heterocycles. The van der Waals surface area contributed by atoms with E-state index in [1.165, 1.54) is 0 Å². The number of ether oxygens (including phenoxy) is 1. The highest BCUT2D eigenvalue weighted by Gasteiger charge is 2.42. The minimum Gasteiger partial charge on any atom is -0.453 e. The number of rotatable bonds is 2. The number of hydrogen-bond acceptors (Lipinski definition) is 4. The highest BCUT2D eigenvalue weighted by Crippen LogP contribution is 2.45. The van der Waals surface area contributed by atoms with E-state index in [0.717, 1.165) is 29.5 Å². The molecular weight excluding hydrogens is 192 g/mol. The lowest BCUT2D eigenvalue weighted by atomic mass is 10.0. The summed E-state index contributed by atoms with van der Waals surface area (Å²) in [5, 5.41) is 0. The maximum absolute atomic E-state index is 6.16. The summed E-state index contributed by atoms with van der Waals surface area (Å²) in [4.78, 5) is 4.27. The summed E-state index contributed by atoms with van der Waals surface area (Å²) in [6.07, 6.45) is 2.32. The number of para-hydroxylation sites is 1. The molecule has 0 radical (unpaired) electrons. The molecule has 0 amide bonds. The van der Waals surface area contributed by atoms with Crippen molar-refractivity contribution in [2.75, 3.05) is 7.11 Å². The zero-order chi connectivity index (χ0) is 10.5. The van der Waals surface area contributed by atoms with Gasteiger partial charge in [-0.1, -0.05) is 12.1 Å². The van der Waals surface area contributed by atoms with Crippen molar-refractivity contribution in [3.63, 3.8) is 0 Å². The molecule has 2 aromatic rings. The topological polar surface area (TPSA) is 61.3 Å². The summed E-state index contributed by atoms with van der Waals surface area (Å²) >= 11 is 0. The summed E-state index contributed by atoms with van der Waals surface area (Å²) in [7, 11) is 1.54. The molecule has 3 rings (SSSR count). The average Bonchev–Trinajstić information content (AvgIpc) is 2.85. The normalized spacial score (nSPS) is 18.0. The Labute approximate surface area is 87.0 Å². The second-order valence-electron chi connectivity index (χ2n) is 3.99. The van der Waals surface area contributed by atoms with E-state index in [1.807, 2.05) is 18.2 Å². The molecular formula is C11H12N2O2. The molecule has 1 aliphatic rings. The lowest BCUT2D eigenvalue weighted by Crippen LogP contribution is -2.18. The fourth-order valence-corrected chi connectivity index (χ4v) is 1.82. The standard InChI is InChI=1S/C11H12N2O2/c1-14-10-13-9-7(11(12)5-6-11)3-2-4-8(9)15-10/h2-4H,5-6,12H2,1H3. The van der Waals surface area contributed by atoms with Crippen molar-refractivity contribution in [1.29, 1.82) is 0 Å². The fraction of sp³-hybridized carbons (Fsp3) is 0.364. The Morgan fingerprint density at radius 1 is 1.47 bits per heavy atom. The number of nitrogens with two attached hydrogens (primary N) is 1. The van der Waals surface area contributed by atoms with Crippen molar-refractivity contribution in [2.24, 2.45) is 5.73 Å². The fourth-order valence-electron chi connectivity index (χ4n) is 1.82. The van der Waals surface area contributed by atoms with Crippen molar-refractivity contribution >= 4 is 11.1 Å². The minimum atomic E-state index is -0.193. The molecule has 1 saturated carbocycles. The number of nitrogens with zero attached hydrogens (tertiary/aromatic N) is 1. The summed E-state index contributed by atoms with van der Waals surface area (Å²) < 4.78 is 10.4. The van der Waals surface area contributed by atoms with Crippen LogP contribution in [0.1, 0.15) is 18.4 Å². The Balaban J connectivity index is 2.25. The summed E-state index contributed by atoms with van der Waals surface area (Å²) in [5.41, 5.74) is 8.60. The highest BCUT2D eigenvalue weighted by atomic mass is 16.6. The van der Waals surface area contributed by atoms with Gasteiger partial charge in [-0.05, 0) is 18.9 Å². The van der Waals surface area contributed by atoms with Crippen LogP contribution in [0.2, 0.25) is 0 Å². The van der Waals surface area contributed by atoms with Gasteiger partial charge in [0, 0.05) is 11.1 Å². The van der Waals surface area contributed by atoms with E-state index in [9.17, 15) is 0 Å². The van der Waals surface area contributed by atoms with Crippen LogP contribution in [0.25, 0.3) is 11.1 Å². The van der Waals surface area contributed by atoms with Gasteiger partial charge in [0.2, 0.25) is 0 Å². The lowest BCUT2D eigenvalue weighted by molar-refractivity contribution is 0.299. The van der Waals surface area contributed by atoms with Crippen LogP contribution < -0.4 is 10.5 Å². The minimum absolute atomic E-state index is 0.193. The van der Waals surface area contributed by atoms with Crippen molar-refractivity contribution < 1.29 is 9.15 Å². The van der Waals surface area contributed by atoms with Crippen LogP contribution in [0.5, 0.6) is 6.08 Å². The van der Waals surface area contributed by atoms with Gasteiger partial charge in [-0.25, -0.2) is 0 Å². The third-order valence-corrected chi connectivity index (χ3v) is 2.90. The van der Waals surface area contributed by atoms with Crippen molar-refractivity contribution in [3.8, 4) is 6.08 Å². The van der Waals surface area contributed by atoms with E-state index in [4.69, 9.17) is 14.9 Å². The molecule has 4 heteroatoms. The largest absolute Gasteiger partial charge is 0.453 e. The van der Waals surface area contributed by atoms with E-state index in [0.29, 0.717) is 6.08 Å². The number of benzene rings is 1. The summed E-state index contributed by atoms with van der Waals surface area (Å²) in [6.45, 7) is 0. The third kappa shape index (κ3) is 1.22. The van der Waals surface area contributed by atoms with Crippen LogP contribution in [0.4, 0.5) is 0 Å². The monoisotopic (exact) mass is 204 g/mol. The van der Waals surface area contributed by atoms with E-state index in [-0.39, 0.29) is 5.54 Å². The first kappa shape index (κ1) is 8.73. The Hall–Kier alpha value is -1.55. The second kappa shape index (κ2) is 2.73. The quantitative estimate of drug-likeness (QED) is 0.810. The van der Waals surface area contributed by atoms with Crippen LogP contribution in [0.3, 0.4) is 0 Å². The van der Waals surface area contributed by atoms with Crippen molar-refractivity contribution in [2.45, 2.75) is 18.4 Å². The van der Waals surface area contributed by atoms with E-state index in [1.54, 1.807) is 7.11 Å². The molecule has 1 aromatic heterocycles. The van der Waals surface area contributed by atoms with Crippen molar-refractivity contribution in [1.82, 2.24) is 4.98 Å². The summed E-state index contributed by atoms with van der Waals surface area (Å²) in [5.74, 6) is 0. The molecule has 2 N–H and O–H groups in total. The van der Waals surface area contributed by atoms with E-state index >= 15 is 0 Å². The predicted molar refractivity (Wildman–Crippen MR) is 55.7 cm³/mol. The maximum atomic E-state index is 6.16. The van der Waals surface area contributed by atoms with Crippen LogP contribution in [0.15, 0.2) is 22.6 Å². The molecule has 0 unspecified atom stereocenters. The Kier molecular flexibility index (Phi) is 1.59. The summed E-state index contributed by atoms with van der Waals surface area (Å²) in [6, 6.07) is 5.83. The van der Waals surface area contributed by atoms with E-state index < -0.39 is 0 Å². The Morgan fingerprint density at radius 2 is 2.27 bits per heavy atom. The molecule has 0 spiro atoms. The number of aromatic nitrogens is 1. The van der Waals surface area contributed by atoms with Crippen LogP contribution >= 0.6 is 0 Å². The molecule has 15 heavy (non-hydrogen) atoms. The van der Waals surface area contributed by atoms with Gasteiger partial charge in [-0.2, -0.15) is 4.98 Å². The molecule has 1 fully saturated rings.